The highest BCUT2D eigenvalue weighted by Crippen LogP contribution is 2.42. The van der Waals surface area contributed by atoms with E-state index in [1.54, 1.807) is 18.2 Å². The Kier molecular flexibility index (Phi) is 4.12. The number of benzene rings is 2. The van der Waals surface area contributed by atoms with Crippen LogP contribution >= 0.6 is 15.9 Å². The fourth-order valence-corrected chi connectivity index (χ4v) is 2.92. The van der Waals surface area contributed by atoms with E-state index in [4.69, 9.17) is 33.0 Å². The van der Waals surface area contributed by atoms with Gasteiger partial charge in [0, 0.05) is 11.5 Å². The van der Waals surface area contributed by atoms with E-state index in [2.05, 4.69) is 31.2 Å². The van der Waals surface area contributed by atoms with Crippen LogP contribution in [0.4, 0.5) is 15.9 Å². The number of aliphatic hydroxyl groups is 1. The standard InChI is InChI=1S/C16H8B3BrFN3O3/c17-15(18)16(19,25)27-12-5-10-7(4-11(12)26-15)14(23-6-22-10)24-9-3-1-2-8(20)13(9)21/h1-6,25H,(H,22,23,24). The Morgan fingerprint density at radius 2 is 1.85 bits per heavy atom. The number of fused-ring (bicyclic) bond motifs is 2. The number of nitrogens with zero attached hydrogens (tertiary/aromatic N) is 2. The van der Waals surface area contributed by atoms with Crippen LogP contribution in [0, 0.1) is 5.82 Å². The Bertz CT molecular complexity index is 1070. The topological polar surface area (TPSA) is 76.5 Å². The predicted molar refractivity (Wildman–Crippen MR) is 103 cm³/mol. The first kappa shape index (κ1) is 18.1. The minimum absolute atomic E-state index is 0.0947. The van der Waals surface area contributed by atoms with Crippen molar-refractivity contribution < 1.29 is 19.0 Å². The summed E-state index contributed by atoms with van der Waals surface area (Å²) in [6.45, 7) is 0. The molecule has 2 aromatic carbocycles. The van der Waals surface area contributed by atoms with Gasteiger partial charge in [-0.2, -0.15) is 0 Å². The number of aromatic nitrogens is 2. The van der Waals surface area contributed by atoms with Crippen molar-refractivity contribution in [3.63, 3.8) is 0 Å². The van der Waals surface area contributed by atoms with Gasteiger partial charge in [0.15, 0.2) is 30.8 Å². The number of rotatable bonds is 2. The first-order chi connectivity index (χ1) is 12.7. The molecule has 27 heavy (non-hydrogen) atoms. The van der Waals surface area contributed by atoms with Gasteiger partial charge in [-0.05, 0) is 34.1 Å². The molecule has 2 heterocycles. The molecule has 1 aromatic heterocycles. The third-order valence-corrected chi connectivity index (χ3v) is 4.62. The Labute approximate surface area is 165 Å². The van der Waals surface area contributed by atoms with E-state index in [9.17, 15) is 9.50 Å². The van der Waals surface area contributed by atoms with Crippen molar-refractivity contribution in [3.05, 3.63) is 46.9 Å². The lowest BCUT2D eigenvalue weighted by Crippen LogP contribution is -2.65. The van der Waals surface area contributed by atoms with Crippen LogP contribution in [0.1, 0.15) is 0 Å². The third-order valence-electron chi connectivity index (χ3n) is 4.01. The molecule has 0 amide bonds. The van der Waals surface area contributed by atoms with Crippen molar-refractivity contribution in [1.29, 1.82) is 0 Å². The number of nitrogens with one attached hydrogen (secondary N) is 1. The molecule has 0 saturated carbocycles. The first-order valence-electron chi connectivity index (χ1n) is 7.65. The number of hydrogen-bond donors (Lipinski definition) is 2. The van der Waals surface area contributed by atoms with E-state index in [0.29, 0.717) is 21.2 Å². The Balaban J connectivity index is 1.82. The van der Waals surface area contributed by atoms with Gasteiger partial charge in [-0.3, -0.25) is 0 Å². The molecule has 0 bridgehead atoms. The molecule has 6 nitrogen and oxygen atoms in total. The Hall–Kier alpha value is -2.26. The SMILES string of the molecule is [B]C1([B])Oc2cc3c(Nc4cccc(Br)c4F)ncnc3cc2OC1([B])O. The van der Waals surface area contributed by atoms with Crippen LogP contribution in [0.5, 0.6) is 11.5 Å². The van der Waals surface area contributed by atoms with E-state index in [-0.39, 0.29) is 17.2 Å². The lowest BCUT2D eigenvalue weighted by atomic mass is 9.54. The Morgan fingerprint density at radius 3 is 2.63 bits per heavy atom. The second-order valence-electron chi connectivity index (χ2n) is 5.96. The molecule has 0 fully saturated rings. The van der Waals surface area contributed by atoms with Crippen LogP contribution in [0.3, 0.4) is 0 Å². The number of halogens is 2. The molecule has 11 heteroatoms. The summed E-state index contributed by atoms with van der Waals surface area (Å²) in [5.74, 6) is 0.0575. The quantitative estimate of drug-likeness (QED) is 0.615. The van der Waals surface area contributed by atoms with Gasteiger partial charge in [0.2, 0.25) is 0 Å². The van der Waals surface area contributed by atoms with Crippen LogP contribution in [-0.2, 0) is 0 Å². The monoisotopic (exact) mass is 421 g/mol. The number of anilines is 2. The molecule has 4 rings (SSSR count). The van der Waals surface area contributed by atoms with Crippen molar-refractivity contribution in [2.45, 2.75) is 11.1 Å². The first-order valence-corrected chi connectivity index (χ1v) is 8.44. The van der Waals surface area contributed by atoms with Crippen molar-refractivity contribution in [2.24, 2.45) is 0 Å². The molecule has 1 atom stereocenters. The molecule has 0 aliphatic carbocycles. The lowest BCUT2D eigenvalue weighted by molar-refractivity contribution is -0.140. The van der Waals surface area contributed by atoms with E-state index in [1.165, 1.54) is 18.5 Å². The van der Waals surface area contributed by atoms with Gasteiger partial charge in [-0.15, -0.1) is 0 Å². The molecule has 0 saturated heterocycles. The molecule has 2 N–H and O–H groups in total. The molecule has 1 aliphatic heterocycles. The second kappa shape index (κ2) is 6.14. The van der Waals surface area contributed by atoms with Gasteiger partial charge in [-0.1, -0.05) is 6.07 Å². The molecular weight excluding hydrogens is 414 g/mol. The molecule has 6 radical (unpaired) electrons. The van der Waals surface area contributed by atoms with Crippen molar-refractivity contribution >= 4 is 61.9 Å². The highest BCUT2D eigenvalue weighted by Gasteiger charge is 2.46. The van der Waals surface area contributed by atoms with E-state index in [1.807, 2.05) is 0 Å². The summed E-state index contributed by atoms with van der Waals surface area (Å²) < 4.78 is 25.2. The van der Waals surface area contributed by atoms with Crippen molar-refractivity contribution in [2.75, 3.05) is 5.32 Å². The molecule has 3 aromatic rings. The average molecular weight is 422 g/mol. The van der Waals surface area contributed by atoms with Gasteiger partial charge in [0.05, 0.1) is 21.1 Å². The zero-order chi connectivity index (χ0) is 19.4. The summed E-state index contributed by atoms with van der Waals surface area (Å²) in [7, 11) is 16.9. The fraction of sp³-hybridized carbons (Fsp3) is 0.125. The van der Waals surface area contributed by atoms with Gasteiger partial charge in [0.25, 0.3) is 0 Å². The summed E-state index contributed by atoms with van der Waals surface area (Å²) in [6.07, 6.45) is 1.29. The Morgan fingerprint density at radius 1 is 1.11 bits per heavy atom. The molecule has 0 spiro atoms. The smallest absolute Gasteiger partial charge is 0.177 e. The van der Waals surface area contributed by atoms with Crippen LogP contribution in [0.15, 0.2) is 41.1 Å². The van der Waals surface area contributed by atoms with Crippen LogP contribution in [0.25, 0.3) is 10.9 Å². The lowest BCUT2D eigenvalue weighted by Gasteiger charge is -2.46. The maximum absolute atomic E-state index is 14.3. The number of hydrogen-bond acceptors (Lipinski definition) is 6. The van der Waals surface area contributed by atoms with Crippen molar-refractivity contribution in [3.8, 4) is 11.5 Å². The molecule has 1 aliphatic rings. The minimum Gasteiger partial charge on any atom is -0.497 e. The van der Waals surface area contributed by atoms with Crippen molar-refractivity contribution in [1.82, 2.24) is 9.97 Å². The predicted octanol–water partition coefficient (Wildman–Crippen LogP) is 1.85. The summed E-state index contributed by atoms with van der Waals surface area (Å²) >= 11 is 3.13. The minimum atomic E-state index is -2.44. The van der Waals surface area contributed by atoms with Crippen LogP contribution in [-0.4, -0.2) is 49.7 Å². The van der Waals surface area contributed by atoms with Crippen LogP contribution in [0.2, 0.25) is 0 Å². The zero-order valence-corrected chi connectivity index (χ0v) is 15.2. The van der Waals surface area contributed by atoms with Gasteiger partial charge in [0.1, 0.15) is 27.8 Å². The highest BCUT2D eigenvalue weighted by molar-refractivity contribution is 9.10. The van der Waals surface area contributed by atoms with Crippen LogP contribution < -0.4 is 14.8 Å². The highest BCUT2D eigenvalue weighted by atomic mass is 79.9. The fourth-order valence-electron chi connectivity index (χ4n) is 2.55. The molecular formula is C16H8B3BrFN3O3. The van der Waals surface area contributed by atoms with Gasteiger partial charge >= 0.3 is 0 Å². The van der Waals surface area contributed by atoms with Gasteiger partial charge in [-0.25, -0.2) is 14.4 Å². The maximum Gasteiger partial charge on any atom is 0.177 e. The van der Waals surface area contributed by atoms with E-state index < -0.39 is 16.9 Å². The summed E-state index contributed by atoms with van der Waals surface area (Å²) in [5.41, 5.74) is -1.80. The summed E-state index contributed by atoms with van der Waals surface area (Å²) in [5, 5.41) is 11.2. The zero-order valence-electron chi connectivity index (χ0n) is 13.6. The molecule has 1 unspecified atom stereocenters. The average Bonchev–Trinajstić information content (AvgIpc) is 2.58. The van der Waals surface area contributed by atoms with Gasteiger partial charge < -0.3 is 19.9 Å². The second-order valence-corrected chi connectivity index (χ2v) is 6.81. The third kappa shape index (κ3) is 3.04. The largest absolute Gasteiger partial charge is 0.497 e. The summed E-state index contributed by atoms with van der Waals surface area (Å²) in [4.78, 5) is 8.29. The van der Waals surface area contributed by atoms with E-state index >= 15 is 0 Å². The number of ether oxygens (including phenoxy) is 2. The maximum atomic E-state index is 14.3. The van der Waals surface area contributed by atoms with E-state index in [0.717, 1.165) is 0 Å². The summed E-state index contributed by atoms with van der Waals surface area (Å²) in [6, 6.07) is 7.80. The molecule has 128 valence electrons. The normalized spacial score (nSPS) is 20.4.